The van der Waals surface area contributed by atoms with Gasteiger partial charge in [-0.2, -0.15) is 6.21 Å². The summed E-state index contributed by atoms with van der Waals surface area (Å²) >= 11 is 0. The molecule has 0 fully saturated rings. The van der Waals surface area contributed by atoms with Gasteiger partial charge in [-0.1, -0.05) is 193 Å². The monoisotopic (exact) mass is 1040 g/mol. The molecule has 5 heteroatoms. The van der Waals surface area contributed by atoms with Crippen molar-refractivity contribution >= 4 is 66.7 Å². The van der Waals surface area contributed by atoms with Crippen molar-refractivity contribution < 1.29 is 31.4 Å². The van der Waals surface area contributed by atoms with Gasteiger partial charge in [0.15, 0.2) is 0 Å². The number of rotatable bonds is 11. The molecule has 0 spiro atoms. The van der Waals surface area contributed by atoms with E-state index in [9.17, 15) is 5.41 Å². The molecule has 0 saturated carbocycles. The van der Waals surface area contributed by atoms with Gasteiger partial charge in [0.25, 0.3) is 0 Å². The second-order valence-electron chi connectivity index (χ2n) is 16.4. The third kappa shape index (κ3) is 9.56. The van der Waals surface area contributed by atoms with Gasteiger partial charge in [-0.05, 0) is 64.1 Å². The summed E-state index contributed by atoms with van der Waals surface area (Å²) in [5.74, 6) is -1.39. The van der Waals surface area contributed by atoms with E-state index >= 15 is 0 Å². The normalized spacial score (nSPS) is 13.8. The van der Waals surface area contributed by atoms with Crippen molar-refractivity contribution in [3.63, 3.8) is 0 Å². The molecule has 9 rings (SSSR count). The van der Waals surface area contributed by atoms with E-state index in [-0.39, 0.29) is 25.7 Å². The fraction of sp³-hybridized carbons (Fsp3) is 0.148. The SMILES string of the molecule is C/C(=C\C(=C/C=[N-])c1ccccc1)c1[c-]ccc2c1oc1c3ccccc3ccc21.[2H]C([2H])([2H])c1c[c-]c(-c2nc3ccccc3n2-c2c(C([2H])(C)C)cccc2C([2H])(C)C)cc1C(=C)/C=C\C=C/C.[Ir+3]. The average Bonchev–Trinajstić information content (AvgIpc) is 3.92. The Morgan fingerprint density at radius 1 is 0.818 bits per heavy atom. The Morgan fingerprint density at radius 2 is 1.53 bits per heavy atom. The van der Waals surface area contributed by atoms with Crippen LogP contribution in [0.4, 0.5) is 0 Å². The van der Waals surface area contributed by atoms with Gasteiger partial charge in [0.2, 0.25) is 0 Å². The van der Waals surface area contributed by atoms with Crippen molar-refractivity contribution in [1.29, 1.82) is 0 Å². The first-order valence-electron chi connectivity index (χ1n) is 24.2. The molecule has 2 heterocycles. The van der Waals surface area contributed by atoms with Crippen LogP contribution in [-0.4, -0.2) is 15.8 Å². The molecule has 7 aromatic carbocycles. The van der Waals surface area contributed by atoms with Crippen molar-refractivity contribution in [2.45, 2.75) is 60.2 Å². The molecule has 0 amide bonds. The number of para-hydroxylation sites is 3. The van der Waals surface area contributed by atoms with Crippen LogP contribution < -0.4 is 0 Å². The van der Waals surface area contributed by atoms with Crippen LogP contribution in [0.1, 0.15) is 93.6 Å². The maximum atomic E-state index is 9.39. The molecule has 0 aliphatic rings. The van der Waals surface area contributed by atoms with Crippen molar-refractivity contribution in [3.8, 4) is 17.1 Å². The fourth-order valence-corrected chi connectivity index (χ4v) is 8.29. The summed E-state index contributed by atoms with van der Waals surface area (Å²) in [5.41, 5.74) is 11.2. The Morgan fingerprint density at radius 3 is 2.26 bits per heavy atom. The van der Waals surface area contributed by atoms with Gasteiger partial charge in [0.05, 0.1) is 16.9 Å². The number of hydrogen-bond donors (Lipinski definition) is 0. The maximum absolute atomic E-state index is 9.39. The molecule has 2 aromatic heterocycles. The molecule has 0 bridgehead atoms. The van der Waals surface area contributed by atoms with Crippen LogP contribution >= 0.6 is 0 Å². The summed E-state index contributed by atoms with van der Waals surface area (Å²) in [6.07, 6.45) is 12.2. The minimum absolute atomic E-state index is 0. The Bertz CT molecular complexity index is 3530. The molecular formula is C61H54IrN3O. The molecule has 4 nitrogen and oxygen atoms in total. The largest absolute Gasteiger partial charge is 3.00 e. The molecule has 328 valence electrons. The van der Waals surface area contributed by atoms with E-state index in [1.54, 1.807) is 18.2 Å². The molecule has 66 heavy (non-hydrogen) atoms. The van der Waals surface area contributed by atoms with Gasteiger partial charge in [-0.3, -0.25) is 4.98 Å². The molecule has 0 saturated heterocycles. The number of nitrogens with zero attached hydrogens (tertiary/aromatic N) is 3. The van der Waals surface area contributed by atoms with Crippen molar-refractivity contribution in [3.05, 3.63) is 227 Å². The summed E-state index contributed by atoms with van der Waals surface area (Å²) in [6, 6.07) is 49.9. The average molecular weight is 1040 g/mol. The first-order chi connectivity index (χ1) is 33.4. The number of fused-ring (bicyclic) bond motifs is 6. The van der Waals surface area contributed by atoms with Crippen LogP contribution in [0.3, 0.4) is 0 Å². The number of benzene rings is 7. The van der Waals surface area contributed by atoms with Gasteiger partial charge in [0, 0.05) is 28.9 Å². The first kappa shape index (κ1) is 40.6. The minimum atomic E-state index is -2.36. The standard InChI is InChI=1S/C33H35N2.C28H19NO.Ir/c1-8-9-10-14-24(6)29-21-26(20-19-25(29)7)33-34-30-17-11-12-18-31(30)35(33)32-27(22(2)3)15-13-16-28(32)23(4)5;1-19(18-22(16-17-29)20-8-3-2-4-9-20)23-12-7-13-25-26-15-14-21-10-5-6-11-24(21)28(26)30-27(23)25;/h8-19,21-23H,6H2,1-5,7H3;2-11,13-18H,1H3;/q-1;-2;+3/b9-8-,14-10-;19-18+,22-16+;/i7D3,22D,23D;;. The Hall–Kier alpha value is -6.91. The molecule has 0 aliphatic heterocycles. The van der Waals surface area contributed by atoms with E-state index in [0.717, 1.165) is 89.0 Å². The van der Waals surface area contributed by atoms with E-state index in [2.05, 4.69) is 55.1 Å². The number of aryl methyl sites for hydroxylation is 1. The van der Waals surface area contributed by atoms with E-state index in [1.165, 1.54) is 6.07 Å². The third-order valence-corrected chi connectivity index (χ3v) is 11.5. The van der Waals surface area contributed by atoms with Crippen LogP contribution in [0.25, 0.3) is 82.9 Å². The molecular weight excluding hydrogens is 983 g/mol. The van der Waals surface area contributed by atoms with Crippen molar-refractivity contribution in [1.82, 2.24) is 9.55 Å². The predicted octanol–water partition coefficient (Wildman–Crippen LogP) is 16.9. The van der Waals surface area contributed by atoms with E-state index < -0.39 is 18.6 Å². The van der Waals surface area contributed by atoms with Crippen LogP contribution in [0.2, 0.25) is 0 Å². The molecule has 0 radical (unpaired) electrons. The number of imidazole rings is 1. The summed E-state index contributed by atoms with van der Waals surface area (Å²) in [6.45, 7) is 13.1. The van der Waals surface area contributed by atoms with E-state index in [1.807, 2.05) is 155 Å². The second-order valence-corrected chi connectivity index (χ2v) is 16.4. The molecule has 0 unspecified atom stereocenters. The predicted molar refractivity (Wildman–Crippen MR) is 279 cm³/mol. The number of aromatic nitrogens is 2. The van der Waals surface area contributed by atoms with Gasteiger partial charge in [-0.25, -0.2) is 0 Å². The zero-order valence-corrected chi connectivity index (χ0v) is 40.4. The van der Waals surface area contributed by atoms with Gasteiger partial charge in [0.1, 0.15) is 5.58 Å². The van der Waals surface area contributed by atoms with Crippen LogP contribution in [0.15, 0.2) is 181 Å². The Balaban J connectivity index is 0.000000213. The molecule has 0 atom stereocenters. The van der Waals surface area contributed by atoms with Crippen LogP contribution in [0.5, 0.6) is 0 Å². The Kier molecular flexibility index (Phi) is 12.9. The molecule has 9 aromatic rings. The number of allylic oxidation sites excluding steroid dienone is 9. The summed E-state index contributed by atoms with van der Waals surface area (Å²) in [7, 11) is 0. The molecule has 0 N–H and O–H groups in total. The first-order valence-corrected chi connectivity index (χ1v) is 21.7. The molecule has 0 aliphatic carbocycles. The minimum Gasteiger partial charge on any atom is -0.811 e. The van der Waals surface area contributed by atoms with Gasteiger partial charge in [-0.15, -0.1) is 58.7 Å². The maximum Gasteiger partial charge on any atom is 3.00 e. The fourth-order valence-electron chi connectivity index (χ4n) is 8.29. The Labute approximate surface area is 410 Å². The summed E-state index contributed by atoms with van der Waals surface area (Å²) < 4.78 is 50.7. The van der Waals surface area contributed by atoms with Gasteiger partial charge >= 0.3 is 20.1 Å². The van der Waals surface area contributed by atoms with Crippen molar-refractivity contribution in [2.24, 2.45) is 0 Å². The third-order valence-electron chi connectivity index (χ3n) is 11.5. The topological polar surface area (TPSA) is 53.3 Å². The zero-order chi connectivity index (χ0) is 50.0. The number of hydrogen-bond acceptors (Lipinski definition) is 2. The van der Waals surface area contributed by atoms with Gasteiger partial charge < -0.3 is 14.4 Å². The summed E-state index contributed by atoms with van der Waals surface area (Å²) in [5, 5.41) is 13.8. The van der Waals surface area contributed by atoms with E-state index in [4.69, 9.17) is 16.3 Å². The number of furan rings is 1. The second kappa shape index (κ2) is 20.9. The smallest absolute Gasteiger partial charge is 0.811 e. The zero-order valence-electron chi connectivity index (χ0n) is 43.0. The summed E-state index contributed by atoms with van der Waals surface area (Å²) in [4.78, 5) is 4.98. The van der Waals surface area contributed by atoms with E-state index in [0.29, 0.717) is 22.5 Å². The quantitative estimate of drug-likeness (QED) is 0.0736. The van der Waals surface area contributed by atoms with Crippen molar-refractivity contribution in [2.75, 3.05) is 0 Å². The van der Waals surface area contributed by atoms with Crippen LogP contribution in [-0.2, 0) is 20.1 Å². The van der Waals surface area contributed by atoms with Crippen LogP contribution in [0, 0.1) is 19.0 Å².